The molecule has 0 aliphatic rings. The summed E-state index contributed by atoms with van der Waals surface area (Å²) in [4.78, 5) is 13.0. The van der Waals surface area contributed by atoms with Crippen LogP contribution in [0.3, 0.4) is 0 Å². The smallest absolute Gasteiger partial charge is 0.387 e. The Morgan fingerprint density at radius 1 is 1.13 bits per heavy atom. The van der Waals surface area contributed by atoms with Gasteiger partial charge in [0.2, 0.25) is 0 Å². The van der Waals surface area contributed by atoms with E-state index in [-0.39, 0.29) is 16.7 Å². The molecule has 1 N–H and O–H groups in total. The largest absolute Gasteiger partial charge is 0.488 e. The van der Waals surface area contributed by atoms with Crippen molar-refractivity contribution in [1.82, 2.24) is 0 Å². The Morgan fingerprint density at radius 3 is 2.47 bits per heavy atom. The topological polar surface area (TPSA) is 47.6 Å². The van der Waals surface area contributed by atoms with Crippen molar-refractivity contribution in [2.45, 2.75) is 34.0 Å². The zero-order valence-corrected chi connectivity index (χ0v) is 18.2. The van der Waals surface area contributed by atoms with Crippen LogP contribution in [0.15, 0.2) is 41.8 Å². The van der Waals surface area contributed by atoms with Crippen molar-refractivity contribution in [3.8, 4) is 11.5 Å². The van der Waals surface area contributed by atoms with Crippen molar-refractivity contribution in [2.75, 3.05) is 5.32 Å². The van der Waals surface area contributed by atoms with Crippen molar-refractivity contribution >= 4 is 34.5 Å². The van der Waals surface area contributed by atoms with E-state index in [1.807, 2.05) is 26.2 Å². The number of anilines is 1. The van der Waals surface area contributed by atoms with Gasteiger partial charge in [0.1, 0.15) is 18.1 Å². The highest BCUT2D eigenvalue weighted by atomic mass is 35.5. The third kappa shape index (κ3) is 5.49. The first-order chi connectivity index (χ1) is 14.2. The van der Waals surface area contributed by atoms with Crippen molar-refractivity contribution in [3.05, 3.63) is 73.9 Å². The number of rotatable bonds is 7. The Labute approximate surface area is 182 Å². The molecule has 4 nitrogen and oxygen atoms in total. The van der Waals surface area contributed by atoms with Gasteiger partial charge in [-0.25, -0.2) is 0 Å². The molecule has 158 valence electrons. The van der Waals surface area contributed by atoms with E-state index in [0.29, 0.717) is 17.2 Å². The number of alkyl halides is 2. The molecule has 0 saturated carbocycles. The highest BCUT2D eigenvalue weighted by molar-refractivity contribution is 7.12. The van der Waals surface area contributed by atoms with Gasteiger partial charge in [-0.1, -0.05) is 29.3 Å². The van der Waals surface area contributed by atoms with Crippen LogP contribution in [0.4, 0.5) is 14.5 Å². The zero-order valence-electron chi connectivity index (χ0n) is 16.6. The fourth-order valence-electron chi connectivity index (χ4n) is 3.08. The first-order valence-electron chi connectivity index (χ1n) is 9.06. The van der Waals surface area contributed by atoms with Gasteiger partial charge in [0.15, 0.2) is 0 Å². The summed E-state index contributed by atoms with van der Waals surface area (Å²) in [5.74, 6) is 0.369. The second kappa shape index (κ2) is 9.45. The Balaban J connectivity index is 1.63. The van der Waals surface area contributed by atoms with E-state index < -0.39 is 6.61 Å². The Hall–Kier alpha value is -2.64. The maximum atomic E-state index is 12.5. The number of ether oxygens (including phenoxy) is 2. The molecule has 0 aliphatic heterocycles. The van der Waals surface area contributed by atoms with Gasteiger partial charge in [0.05, 0.1) is 9.90 Å². The summed E-state index contributed by atoms with van der Waals surface area (Å²) in [6, 6.07) is 9.98. The molecule has 1 aromatic heterocycles. The van der Waals surface area contributed by atoms with Crippen molar-refractivity contribution in [3.63, 3.8) is 0 Å². The number of hydrogen-bond acceptors (Lipinski definition) is 4. The number of benzene rings is 2. The molecule has 0 aliphatic carbocycles. The normalized spacial score (nSPS) is 10.9. The second-order valence-electron chi connectivity index (χ2n) is 6.81. The number of nitrogens with one attached hydrogen (secondary N) is 1. The van der Waals surface area contributed by atoms with Gasteiger partial charge in [0.25, 0.3) is 5.91 Å². The Kier molecular flexibility index (Phi) is 6.95. The highest BCUT2D eigenvalue weighted by Gasteiger charge is 2.13. The molecule has 0 radical (unpaired) electrons. The summed E-state index contributed by atoms with van der Waals surface area (Å²) in [5, 5.41) is 4.54. The predicted octanol–water partition coefficient (Wildman–Crippen LogP) is 6.76. The molecular weight excluding hydrogens is 432 g/mol. The summed E-state index contributed by atoms with van der Waals surface area (Å²) in [6.07, 6.45) is 0. The molecule has 2 aromatic carbocycles. The van der Waals surface area contributed by atoms with Crippen molar-refractivity contribution in [2.24, 2.45) is 0 Å². The van der Waals surface area contributed by atoms with Gasteiger partial charge in [-0.2, -0.15) is 8.78 Å². The van der Waals surface area contributed by atoms with Gasteiger partial charge < -0.3 is 14.8 Å². The number of hydrogen-bond donors (Lipinski definition) is 1. The lowest BCUT2D eigenvalue weighted by Gasteiger charge is -2.12. The van der Waals surface area contributed by atoms with E-state index in [9.17, 15) is 13.6 Å². The number of amides is 1. The minimum atomic E-state index is -2.97. The molecule has 0 atom stereocenters. The van der Waals surface area contributed by atoms with Crippen LogP contribution in [-0.4, -0.2) is 12.5 Å². The summed E-state index contributed by atoms with van der Waals surface area (Å²) in [7, 11) is 0. The number of aryl methyl sites for hydroxylation is 3. The first-order valence-corrected chi connectivity index (χ1v) is 10.3. The monoisotopic (exact) mass is 451 g/mol. The van der Waals surface area contributed by atoms with Crippen molar-refractivity contribution < 1.29 is 23.0 Å². The summed E-state index contributed by atoms with van der Waals surface area (Å²) in [5.41, 5.74) is 4.57. The molecule has 1 heterocycles. The third-order valence-corrected chi connectivity index (χ3v) is 5.54. The first kappa shape index (κ1) is 22.1. The van der Waals surface area contributed by atoms with Gasteiger partial charge in [-0.05, 0) is 61.5 Å². The zero-order chi connectivity index (χ0) is 21.8. The predicted molar refractivity (Wildman–Crippen MR) is 115 cm³/mol. The van der Waals surface area contributed by atoms with Gasteiger partial charge >= 0.3 is 6.61 Å². The van der Waals surface area contributed by atoms with Crippen LogP contribution >= 0.6 is 22.9 Å². The van der Waals surface area contributed by atoms with Crippen LogP contribution in [0.25, 0.3) is 0 Å². The molecule has 3 aromatic rings. The Morgan fingerprint density at radius 2 is 1.83 bits per heavy atom. The molecule has 3 rings (SSSR count). The molecule has 0 unspecified atom stereocenters. The van der Waals surface area contributed by atoms with E-state index in [1.54, 1.807) is 6.07 Å². The maximum Gasteiger partial charge on any atom is 0.387 e. The van der Waals surface area contributed by atoms with Crippen LogP contribution in [0.2, 0.25) is 5.02 Å². The fraction of sp³-hybridized carbons (Fsp3) is 0.227. The number of halogens is 3. The van der Waals surface area contributed by atoms with E-state index in [1.165, 1.54) is 35.1 Å². The van der Waals surface area contributed by atoms with Crippen LogP contribution < -0.4 is 14.8 Å². The molecule has 30 heavy (non-hydrogen) atoms. The standard InChI is InChI=1S/C22H20ClF2NO3S/c1-12-6-13(2)20(14(3)7-12)28-10-15-8-19(30-11-15)21(27)26-16-4-5-18(17(23)9-16)29-22(24)25/h4-9,11,22H,10H2,1-3H3,(H,26,27). The van der Waals surface area contributed by atoms with E-state index in [0.717, 1.165) is 22.4 Å². The lowest BCUT2D eigenvalue weighted by atomic mass is 10.1. The molecule has 0 fully saturated rings. The SMILES string of the molecule is Cc1cc(C)c(OCc2csc(C(=O)Nc3ccc(OC(F)F)c(Cl)c3)c2)c(C)c1. The maximum absolute atomic E-state index is 12.5. The number of carbonyl (C=O) groups excluding carboxylic acids is 1. The molecule has 0 bridgehead atoms. The van der Waals surface area contributed by atoms with E-state index in [4.69, 9.17) is 16.3 Å². The lowest BCUT2D eigenvalue weighted by Crippen LogP contribution is -2.10. The molecular formula is C22H20ClF2NO3S. The summed E-state index contributed by atoms with van der Waals surface area (Å²) in [6.45, 7) is 3.43. The van der Waals surface area contributed by atoms with Crippen molar-refractivity contribution in [1.29, 1.82) is 0 Å². The van der Waals surface area contributed by atoms with Crippen LogP contribution in [0.1, 0.15) is 31.9 Å². The van der Waals surface area contributed by atoms with Crippen LogP contribution in [-0.2, 0) is 6.61 Å². The minimum absolute atomic E-state index is 0.0165. The van der Waals surface area contributed by atoms with Crippen LogP contribution in [0, 0.1) is 20.8 Å². The average Bonchev–Trinajstić information content (AvgIpc) is 3.12. The van der Waals surface area contributed by atoms with E-state index in [2.05, 4.69) is 22.2 Å². The summed E-state index contributed by atoms with van der Waals surface area (Å²) >= 11 is 7.21. The molecule has 8 heteroatoms. The van der Waals surface area contributed by atoms with Gasteiger partial charge in [-0.3, -0.25) is 4.79 Å². The second-order valence-corrected chi connectivity index (χ2v) is 8.13. The Bertz CT molecular complexity index is 1050. The minimum Gasteiger partial charge on any atom is -0.488 e. The fourth-order valence-corrected chi connectivity index (χ4v) is 4.10. The summed E-state index contributed by atoms with van der Waals surface area (Å²) < 4.78 is 34.9. The lowest BCUT2D eigenvalue weighted by molar-refractivity contribution is -0.0497. The highest BCUT2D eigenvalue weighted by Crippen LogP contribution is 2.30. The van der Waals surface area contributed by atoms with Gasteiger partial charge in [-0.15, -0.1) is 11.3 Å². The number of carbonyl (C=O) groups is 1. The number of thiophene rings is 1. The van der Waals surface area contributed by atoms with E-state index >= 15 is 0 Å². The average molecular weight is 452 g/mol. The molecule has 1 amide bonds. The quantitative estimate of drug-likeness (QED) is 0.431. The third-order valence-electron chi connectivity index (χ3n) is 4.27. The van der Waals surface area contributed by atoms with Crippen LogP contribution in [0.5, 0.6) is 11.5 Å². The van der Waals surface area contributed by atoms with Gasteiger partial charge in [0, 0.05) is 11.3 Å². The molecule has 0 saturated heterocycles. The molecule has 0 spiro atoms.